The lowest BCUT2D eigenvalue weighted by molar-refractivity contribution is -0.385. The first-order valence-corrected chi connectivity index (χ1v) is 7.38. The molecule has 2 aromatic carbocycles. The van der Waals surface area contributed by atoms with Crippen LogP contribution in [0.3, 0.4) is 0 Å². The van der Waals surface area contributed by atoms with Crippen molar-refractivity contribution in [2.75, 3.05) is 12.4 Å². The van der Waals surface area contributed by atoms with E-state index in [4.69, 9.17) is 4.74 Å². The van der Waals surface area contributed by atoms with E-state index in [1.54, 1.807) is 11.8 Å². The minimum atomic E-state index is -0.492. The zero-order chi connectivity index (χ0) is 15.1. The molecule has 0 unspecified atom stereocenters. The third-order valence-electron chi connectivity index (χ3n) is 2.78. The van der Waals surface area contributed by atoms with Crippen LogP contribution >= 0.6 is 11.8 Å². The molecule has 0 aliphatic heterocycles. The Kier molecular flexibility index (Phi) is 5.59. The zero-order valence-electron chi connectivity index (χ0n) is 11.3. The molecule has 6 heteroatoms. The average molecular weight is 305 g/mol. The van der Waals surface area contributed by atoms with Crippen LogP contribution in [0.2, 0.25) is 0 Å². The lowest BCUT2D eigenvalue weighted by Gasteiger charge is -2.09. The molecule has 0 aliphatic carbocycles. The molecule has 0 atom stereocenters. The monoisotopic (exact) mass is 305 g/mol. The first-order valence-electron chi connectivity index (χ1n) is 6.39. The fourth-order valence-electron chi connectivity index (χ4n) is 1.77. The van der Waals surface area contributed by atoms with Crippen molar-refractivity contribution in [3.05, 3.63) is 64.2 Å². The molecule has 0 saturated carbocycles. The molecule has 0 radical (unpaired) electrons. The van der Waals surface area contributed by atoms with Crippen molar-refractivity contribution in [2.45, 2.75) is 11.5 Å². The molecule has 2 rings (SSSR count). The summed E-state index contributed by atoms with van der Waals surface area (Å²) in [5, 5.41) is 19.9. The molecule has 0 bridgehead atoms. The number of ether oxygens (including phenoxy) is 1. The summed E-state index contributed by atoms with van der Waals surface area (Å²) in [5.41, 5.74) is 0.374. The minimum Gasteiger partial charge on any atom is -0.492 e. The van der Waals surface area contributed by atoms with E-state index >= 15 is 0 Å². The van der Waals surface area contributed by atoms with Gasteiger partial charge >= 0.3 is 0 Å². The van der Waals surface area contributed by atoms with Gasteiger partial charge in [0, 0.05) is 28.3 Å². The third-order valence-corrected chi connectivity index (χ3v) is 3.75. The van der Waals surface area contributed by atoms with Crippen LogP contribution in [-0.2, 0) is 6.61 Å². The van der Waals surface area contributed by atoms with Crippen LogP contribution in [0, 0.1) is 10.1 Å². The number of nitro groups is 1. The summed E-state index contributed by atoms with van der Waals surface area (Å²) in [6.07, 6.45) is 0. The first kappa shape index (κ1) is 15.3. The maximum atomic E-state index is 10.7. The molecule has 0 saturated heterocycles. The number of hydrogen-bond acceptors (Lipinski definition) is 5. The van der Waals surface area contributed by atoms with Crippen LogP contribution in [0.4, 0.5) is 5.69 Å². The number of non-ortho nitro benzene ring substituents is 1. The summed E-state index contributed by atoms with van der Waals surface area (Å²) in [6.45, 7) is 0.174. The fourth-order valence-corrected chi connectivity index (χ4v) is 2.52. The largest absolute Gasteiger partial charge is 0.492 e. The number of nitrogens with zero attached hydrogens (tertiary/aromatic N) is 1. The maximum Gasteiger partial charge on any atom is 0.270 e. The van der Waals surface area contributed by atoms with E-state index in [1.807, 2.05) is 30.3 Å². The van der Waals surface area contributed by atoms with Gasteiger partial charge in [-0.05, 0) is 18.2 Å². The molecule has 0 heterocycles. The minimum absolute atomic E-state index is 0.0509. The smallest absolute Gasteiger partial charge is 0.270 e. The van der Waals surface area contributed by atoms with Crippen LogP contribution < -0.4 is 4.74 Å². The van der Waals surface area contributed by atoms with Crippen molar-refractivity contribution in [3.8, 4) is 5.75 Å². The van der Waals surface area contributed by atoms with Crippen molar-refractivity contribution in [3.63, 3.8) is 0 Å². The zero-order valence-corrected chi connectivity index (χ0v) is 12.1. The van der Waals surface area contributed by atoms with Gasteiger partial charge < -0.3 is 9.84 Å². The van der Waals surface area contributed by atoms with E-state index in [0.29, 0.717) is 17.9 Å². The molecular weight excluding hydrogens is 290 g/mol. The second-order valence-corrected chi connectivity index (χ2v) is 5.39. The van der Waals surface area contributed by atoms with Gasteiger partial charge in [-0.2, -0.15) is 0 Å². The Morgan fingerprint density at radius 3 is 2.62 bits per heavy atom. The van der Waals surface area contributed by atoms with Crippen LogP contribution in [0.1, 0.15) is 5.56 Å². The second-order valence-electron chi connectivity index (χ2n) is 4.22. The van der Waals surface area contributed by atoms with Crippen LogP contribution in [-0.4, -0.2) is 22.4 Å². The molecular formula is C15H15NO4S. The van der Waals surface area contributed by atoms with Gasteiger partial charge in [0.2, 0.25) is 0 Å². The predicted octanol–water partition coefficient (Wildman–Crippen LogP) is 3.26. The predicted molar refractivity (Wildman–Crippen MR) is 81.7 cm³/mol. The number of aliphatic hydroxyl groups is 1. The summed E-state index contributed by atoms with van der Waals surface area (Å²) in [4.78, 5) is 11.3. The summed E-state index contributed by atoms with van der Waals surface area (Å²) >= 11 is 1.67. The van der Waals surface area contributed by atoms with E-state index in [-0.39, 0.29) is 12.3 Å². The molecule has 0 fully saturated rings. The number of benzene rings is 2. The topological polar surface area (TPSA) is 72.6 Å². The molecule has 21 heavy (non-hydrogen) atoms. The number of nitro benzene ring substituents is 1. The van der Waals surface area contributed by atoms with Gasteiger partial charge in [-0.1, -0.05) is 18.2 Å². The van der Waals surface area contributed by atoms with E-state index in [2.05, 4.69) is 0 Å². The summed E-state index contributed by atoms with van der Waals surface area (Å²) in [7, 11) is 0. The second kappa shape index (κ2) is 7.66. The molecule has 110 valence electrons. The normalized spacial score (nSPS) is 10.3. The van der Waals surface area contributed by atoms with Crippen LogP contribution in [0.15, 0.2) is 53.4 Å². The van der Waals surface area contributed by atoms with Crippen molar-refractivity contribution in [1.29, 1.82) is 0 Å². The van der Waals surface area contributed by atoms with Crippen molar-refractivity contribution >= 4 is 17.4 Å². The van der Waals surface area contributed by atoms with E-state index < -0.39 is 4.92 Å². The van der Waals surface area contributed by atoms with Gasteiger partial charge in [0.15, 0.2) is 0 Å². The quantitative estimate of drug-likeness (QED) is 0.368. The Labute approximate surface area is 126 Å². The highest BCUT2D eigenvalue weighted by Crippen LogP contribution is 2.25. The number of hydrogen-bond donors (Lipinski definition) is 1. The van der Waals surface area contributed by atoms with Gasteiger partial charge in [0.05, 0.1) is 18.1 Å². The lowest BCUT2D eigenvalue weighted by Crippen LogP contribution is -2.03. The van der Waals surface area contributed by atoms with Gasteiger partial charge in [0.25, 0.3) is 5.69 Å². The van der Waals surface area contributed by atoms with Crippen molar-refractivity contribution in [2.24, 2.45) is 0 Å². The summed E-state index contributed by atoms with van der Waals surface area (Å²) < 4.78 is 5.58. The van der Waals surface area contributed by atoms with Crippen LogP contribution in [0.25, 0.3) is 0 Å². The van der Waals surface area contributed by atoms with Crippen LogP contribution in [0.5, 0.6) is 5.75 Å². The summed E-state index contributed by atoms with van der Waals surface area (Å²) in [6, 6.07) is 14.2. The Balaban J connectivity index is 1.89. The standard InChI is InChI=1S/C15H15NO4S/c17-11-12-10-13(16(18)19)6-7-15(12)20-8-9-21-14-4-2-1-3-5-14/h1-7,10,17H,8-9,11H2. The number of aliphatic hydroxyl groups excluding tert-OH is 1. The molecule has 2 aromatic rings. The first-order chi connectivity index (χ1) is 10.2. The molecule has 0 amide bonds. The molecule has 0 aromatic heterocycles. The Bertz CT molecular complexity index is 604. The van der Waals surface area contributed by atoms with Crippen molar-refractivity contribution < 1.29 is 14.8 Å². The van der Waals surface area contributed by atoms with Gasteiger partial charge in [-0.15, -0.1) is 11.8 Å². The van der Waals surface area contributed by atoms with Gasteiger partial charge in [0.1, 0.15) is 5.75 Å². The molecule has 0 aliphatic rings. The lowest BCUT2D eigenvalue weighted by atomic mass is 10.2. The number of thioether (sulfide) groups is 1. The highest BCUT2D eigenvalue weighted by atomic mass is 32.2. The molecule has 0 spiro atoms. The van der Waals surface area contributed by atoms with Crippen molar-refractivity contribution in [1.82, 2.24) is 0 Å². The Morgan fingerprint density at radius 1 is 1.19 bits per heavy atom. The van der Waals surface area contributed by atoms with Gasteiger partial charge in [-0.25, -0.2) is 0 Å². The highest BCUT2D eigenvalue weighted by Gasteiger charge is 2.11. The van der Waals surface area contributed by atoms with E-state index in [0.717, 1.165) is 10.6 Å². The Hall–Kier alpha value is -2.05. The Morgan fingerprint density at radius 2 is 1.95 bits per heavy atom. The number of rotatable bonds is 7. The fraction of sp³-hybridized carbons (Fsp3) is 0.200. The maximum absolute atomic E-state index is 10.7. The SMILES string of the molecule is O=[N+]([O-])c1ccc(OCCSc2ccccc2)c(CO)c1. The third kappa shape index (κ3) is 4.47. The average Bonchev–Trinajstić information content (AvgIpc) is 2.52. The van der Waals surface area contributed by atoms with E-state index in [9.17, 15) is 15.2 Å². The highest BCUT2D eigenvalue weighted by molar-refractivity contribution is 7.99. The van der Waals surface area contributed by atoms with Gasteiger partial charge in [-0.3, -0.25) is 10.1 Å². The van der Waals surface area contributed by atoms with E-state index in [1.165, 1.54) is 18.2 Å². The molecule has 1 N–H and O–H groups in total. The molecule has 5 nitrogen and oxygen atoms in total. The summed E-state index contributed by atoms with van der Waals surface area (Å²) in [5.74, 6) is 1.24.